The van der Waals surface area contributed by atoms with Gasteiger partial charge in [-0.3, -0.25) is 0 Å². The lowest BCUT2D eigenvalue weighted by molar-refractivity contribution is 0.0388. The van der Waals surface area contributed by atoms with Gasteiger partial charge in [-0.2, -0.15) is 0 Å². The molecule has 0 saturated carbocycles. The number of piperazine rings is 1. The van der Waals surface area contributed by atoms with Crippen LogP contribution in [0.4, 0.5) is 22.7 Å². The predicted molar refractivity (Wildman–Crippen MR) is 117 cm³/mol. The summed E-state index contributed by atoms with van der Waals surface area (Å²) in [6.07, 6.45) is 0. The third kappa shape index (κ3) is 5.62. The zero-order valence-electron chi connectivity index (χ0n) is 17.2. The Morgan fingerprint density at radius 2 is 1.90 bits per heavy atom. The first-order chi connectivity index (χ1) is 14.1. The van der Waals surface area contributed by atoms with E-state index in [2.05, 4.69) is 34.2 Å². The number of benzene rings is 2. The molecule has 0 unspecified atom stereocenters. The van der Waals surface area contributed by atoms with E-state index in [0.717, 1.165) is 44.1 Å². The Morgan fingerprint density at radius 1 is 1.10 bits per heavy atom. The summed E-state index contributed by atoms with van der Waals surface area (Å²) in [5, 5.41) is 3.36. The van der Waals surface area contributed by atoms with Gasteiger partial charge < -0.3 is 30.3 Å². The standard InChI is InChI=1S/C22H30N4O3/c1-3-25-9-11-26(12-10-25)19-6-4-5-18(16-19)24-21-8-7-17(15-20(21)23)22(27)29-14-13-28-2/h4-8,15-16,24H,3,9-14,23H2,1-2H3. The van der Waals surface area contributed by atoms with Crippen LogP contribution in [0.25, 0.3) is 0 Å². The molecule has 1 aliphatic heterocycles. The SMILES string of the molecule is CCN1CCN(c2cccc(Nc3ccc(C(=O)OCCOC)cc3N)c2)CC1. The molecule has 1 saturated heterocycles. The number of nitrogens with zero attached hydrogens (tertiary/aromatic N) is 2. The summed E-state index contributed by atoms with van der Waals surface area (Å²) in [5.74, 6) is -0.409. The number of rotatable bonds is 8. The van der Waals surface area contributed by atoms with Crippen molar-refractivity contribution in [2.45, 2.75) is 6.92 Å². The predicted octanol–water partition coefficient (Wildman–Crippen LogP) is 2.96. The van der Waals surface area contributed by atoms with Gasteiger partial charge in [0.2, 0.25) is 0 Å². The summed E-state index contributed by atoms with van der Waals surface area (Å²) in [6.45, 7) is 8.11. The number of anilines is 4. The van der Waals surface area contributed by atoms with Crippen molar-refractivity contribution in [2.75, 3.05) is 69.0 Å². The molecule has 0 radical (unpaired) electrons. The van der Waals surface area contributed by atoms with Crippen LogP contribution in [0.15, 0.2) is 42.5 Å². The number of carbonyl (C=O) groups is 1. The average Bonchev–Trinajstić information content (AvgIpc) is 2.75. The van der Waals surface area contributed by atoms with Gasteiger partial charge in [0, 0.05) is 44.7 Å². The van der Waals surface area contributed by atoms with E-state index >= 15 is 0 Å². The Labute approximate surface area is 172 Å². The first-order valence-electron chi connectivity index (χ1n) is 10.0. The minimum absolute atomic E-state index is 0.217. The van der Waals surface area contributed by atoms with E-state index in [1.807, 2.05) is 12.1 Å². The molecule has 3 rings (SSSR count). The summed E-state index contributed by atoms with van der Waals surface area (Å²) in [6, 6.07) is 13.5. The number of hydrogen-bond donors (Lipinski definition) is 2. The Kier molecular flexibility index (Phi) is 7.32. The summed E-state index contributed by atoms with van der Waals surface area (Å²) >= 11 is 0. The second kappa shape index (κ2) is 10.1. The number of esters is 1. The minimum atomic E-state index is -0.409. The van der Waals surface area contributed by atoms with E-state index in [1.54, 1.807) is 25.3 Å². The van der Waals surface area contributed by atoms with E-state index in [0.29, 0.717) is 17.9 Å². The molecular formula is C22H30N4O3. The topological polar surface area (TPSA) is 80.1 Å². The van der Waals surface area contributed by atoms with Gasteiger partial charge in [-0.05, 0) is 42.9 Å². The van der Waals surface area contributed by atoms with Crippen LogP contribution in [0.3, 0.4) is 0 Å². The third-order valence-corrected chi connectivity index (χ3v) is 5.12. The molecule has 1 heterocycles. The van der Waals surface area contributed by atoms with E-state index in [4.69, 9.17) is 15.2 Å². The lowest BCUT2D eigenvalue weighted by Gasteiger charge is -2.35. The van der Waals surface area contributed by atoms with Gasteiger partial charge in [-0.1, -0.05) is 13.0 Å². The number of ether oxygens (including phenoxy) is 2. The van der Waals surface area contributed by atoms with Crippen LogP contribution in [-0.4, -0.2) is 63.9 Å². The molecule has 0 bridgehead atoms. The minimum Gasteiger partial charge on any atom is -0.460 e. The van der Waals surface area contributed by atoms with Crippen LogP contribution in [0.1, 0.15) is 17.3 Å². The van der Waals surface area contributed by atoms with Crippen molar-refractivity contribution in [1.29, 1.82) is 0 Å². The number of nitrogens with two attached hydrogens (primary N) is 1. The van der Waals surface area contributed by atoms with E-state index in [9.17, 15) is 4.79 Å². The third-order valence-electron chi connectivity index (χ3n) is 5.12. The largest absolute Gasteiger partial charge is 0.460 e. The second-order valence-corrected chi connectivity index (χ2v) is 7.03. The maximum absolute atomic E-state index is 12.0. The summed E-state index contributed by atoms with van der Waals surface area (Å²) < 4.78 is 10.0. The second-order valence-electron chi connectivity index (χ2n) is 7.03. The molecule has 3 N–H and O–H groups in total. The Bertz CT molecular complexity index is 819. The molecule has 156 valence electrons. The normalized spacial score (nSPS) is 14.6. The Hall–Kier alpha value is -2.77. The molecule has 1 aliphatic rings. The lowest BCUT2D eigenvalue weighted by atomic mass is 10.1. The zero-order valence-corrected chi connectivity index (χ0v) is 17.2. The van der Waals surface area contributed by atoms with E-state index < -0.39 is 5.97 Å². The molecule has 0 spiro atoms. The highest BCUT2D eigenvalue weighted by Gasteiger charge is 2.16. The van der Waals surface area contributed by atoms with Crippen molar-refractivity contribution in [2.24, 2.45) is 0 Å². The molecule has 0 aliphatic carbocycles. The molecule has 0 atom stereocenters. The fourth-order valence-electron chi connectivity index (χ4n) is 3.36. The van der Waals surface area contributed by atoms with Gasteiger partial charge in [0.05, 0.1) is 23.5 Å². The van der Waals surface area contributed by atoms with Gasteiger partial charge in [0.1, 0.15) is 6.61 Å². The maximum atomic E-state index is 12.0. The summed E-state index contributed by atoms with van der Waals surface area (Å²) in [5.41, 5.74) is 9.99. The van der Waals surface area contributed by atoms with Crippen molar-refractivity contribution in [3.05, 3.63) is 48.0 Å². The zero-order chi connectivity index (χ0) is 20.6. The van der Waals surface area contributed by atoms with Gasteiger partial charge in [-0.15, -0.1) is 0 Å². The number of methoxy groups -OCH3 is 1. The first-order valence-corrected chi connectivity index (χ1v) is 10.0. The number of likely N-dealkylation sites (N-methyl/N-ethyl adjacent to an activating group) is 1. The molecule has 1 fully saturated rings. The van der Waals surface area contributed by atoms with Crippen molar-refractivity contribution in [1.82, 2.24) is 4.90 Å². The molecular weight excluding hydrogens is 368 g/mol. The van der Waals surface area contributed by atoms with Gasteiger partial charge in [0.25, 0.3) is 0 Å². The maximum Gasteiger partial charge on any atom is 0.338 e. The van der Waals surface area contributed by atoms with Crippen molar-refractivity contribution >= 4 is 28.7 Å². The highest BCUT2D eigenvalue weighted by molar-refractivity contribution is 5.92. The fourth-order valence-corrected chi connectivity index (χ4v) is 3.36. The number of carbonyl (C=O) groups excluding carboxylic acids is 1. The smallest absolute Gasteiger partial charge is 0.338 e. The summed E-state index contributed by atoms with van der Waals surface area (Å²) in [7, 11) is 1.56. The highest BCUT2D eigenvalue weighted by atomic mass is 16.6. The van der Waals surface area contributed by atoms with Gasteiger partial charge in [-0.25, -0.2) is 4.79 Å². The Balaban J connectivity index is 1.65. The quantitative estimate of drug-likeness (QED) is 0.402. The highest BCUT2D eigenvalue weighted by Crippen LogP contribution is 2.27. The monoisotopic (exact) mass is 398 g/mol. The number of hydrogen-bond acceptors (Lipinski definition) is 7. The van der Waals surface area contributed by atoms with Crippen LogP contribution >= 0.6 is 0 Å². The molecule has 7 nitrogen and oxygen atoms in total. The van der Waals surface area contributed by atoms with Crippen LogP contribution in [0.5, 0.6) is 0 Å². The Morgan fingerprint density at radius 3 is 2.59 bits per heavy atom. The van der Waals surface area contributed by atoms with Gasteiger partial charge >= 0.3 is 5.97 Å². The van der Waals surface area contributed by atoms with Crippen LogP contribution < -0.4 is 16.0 Å². The average molecular weight is 399 g/mol. The summed E-state index contributed by atoms with van der Waals surface area (Å²) in [4.78, 5) is 16.9. The van der Waals surface area contributed by atoms with Crippen molar-refractivity contribution in [3.63, 3.8) is 0 Å². The van der Waals surface area contributed by atoms with Crippen LogP contribution in [0, 0.1) is 0 Å². The molecule has 2 aromatic rings. The molecule has 0 amide bonds. The van der Waals surface area contributed by atoms with Gasteiger partial charge in [0.15, 0.2) is 0 Å². The van der Waals surface area contributed by atoms with E-state index in [-0.39, 0.29) is 6.61 Å². The number of nitrogen functional groups attached to an aromatic ring is 1. The molecule has 29 heavy (non-hydrogen) atoms. The molecule has 0 aromatic heterocycles. The van der Waals surface area contributed by atoms with Crippen LogP contribution in [-0.2, 0) is 9.47 Å². The van der Waals surface area contributed by atoms with Crippen molar-refractivity contribution in [3.8, 4) is 0 Å². The fraction of sp³-hybridized carbons (Fsp3) is 0.409. The lowest BCUT2D eigenvalue weighted by Crippen LogP contribution is -2.46. The number of nitrogens with one attached hydrogen (secondary N) is 1. The molecule has 7 heteroatoms. The first kappa shape index (κ1) is 21.0. The van der Waals surface area contributed by atoms with Crippen molar-refractivity contribution < 1.29 is 14.3 Å². The van der Waals surface area contributed by atoms with E-state index in [1.165, 1.54) is 5.69 Å². The van der Waals surface area contributed by atoms with Crippen LogP contribution in [0.2, 0.25) is 0 Å². The molecule has 2 aromatic carbocycles.